The zero-order chi connectivity index (χ0) is 20.1. The molecule has 8 nitrogen and oxygen atoms in total. The average molecular weight is 394 g/mol. The molecule has 3 aromatic rings. The monoisotopic (exact) mass is 394 g/mol. The van der Waals surface area contributed by atoms with Crippen molar-refractivity contribution >= 4 is 16.0 Å². The van der Waals surface area contributed by atoms with Gasteiger partial charge in [0.15, 0.2) is 0 Å². The number of benzene rings is 2. The average Bonchev–Trinajstić information content (AvgIpc) is 2.72. The van der Waals surface area contributed by atoms with Crippen molar-refractivity contribution < 1.29 is 18.3 Å². The molecule has 0 saturated carbocycles. The molecule has 1 heterocycles. The Morgan fingerprint density at radius 1 is 1.00 bits per heavy atom. The third-order valence-electron chi connectivity index (χ3n) is 3.83. The van der Waals surface area contributed by atoms with Gasteiger partial charge in [0.25, 0.3) is 10.0 Å². The summed E-state index contributed by atoms with van der Waals surface area (Å²) < 4.78 is 26.9. The molecule has 0 bridgehead atoms. The van der Waals surface area contributed by atoms with E-state index in [0.29, 0.717) is 22.4 Å². The number of nitrogens with zero attached hydrogens (tertiary/aromatic N) is 3. The van der Waals surface area contributed by atoms with Crippen molar-refractivity contribution in [1.82, 2.24) is 14.9 Å². The van der Waals surface area contributed by atoms with Gasteiger partial charge in [0.2, 0.25) is 5.03 Å². The van der Waals surface area contributed by atoms with Gasteiger partial charge in [0.05, 0.1) is 0 Å². The molecule has 9 heteroatoms. The van der Waals surface area contributed by atoms with Gasteiger partial charge in [-0.1, -0.05) is 60.7 Å². The Kier molecular flexibility index (Phi) is 5.44. The lowest BCUT2D eigenvalue weighted by molar-refractivity contribution is -0.135. The van der Waals surface area contributed by atoms with Crippen LogP contribution < -0.4 is 4.72 Å². The number of carbonyl (C=O) groups is 1. The van der Waals surface area contributed by atoms with E-state index in [9.17, 15) is 18.5 Å². The van der Waals surface area contributed by atoms with Crippen LogP contribution in [0.25, 0.3) is 22.4 Å². The fraction of sp³-hybridized carbons (Fsp3) is 0.0526. The number of aliphatic carboxylic acids is 1. The van der Waals surface area contributed by atoms with Crippen LogP contribution in [0.1, 0.15) is 5.56 Å². The zero-order valence-corrected chi connectivity index (χ0v) is 15.2. The third-order valence-corrected chi connectivity index (χ3v) is 5.15. The van der Waals surface area contributed by atoms with E-state index >= 15 is 0 Å². The molecule has 0 spiro atoms. The van der Waals surface area contributed by atoms with Crippen molar-refractivity contribution in [2.75, 3.05) is 6.54 Å². The summed E-state index contributed by atoms with van der Waals surface area (Å²) in [7, 11) is -4.35. The molecule has 0 atom stereocenters. The predicted molar refractivity (Wildman–Crippen MR) is 100 cm³/mol. The lowest BCUT2D eigenvalue weighted by atomic mass is 9.96. The fourth-order valence-electron chi connectivity index (χ4n) is 2.62. The largest absolute Gasteiger partial charge is 0.480 e. The van der Waals surface area contributed by atoms with Crippen LogP contribution in [0.15, 0.2) is 65.7 Å². The highest BCUT2D eigenvalue weighted by Crippen LogP contribution is 2.34. The second-order valence-electron chi connectivity index (χ2n) is 5.67. The van der Waals surface area contributed by atoms with Crippen molar-refractivity contribution in [1.29, 1.82) is 5.26 Å². The first-order valence-corrected chi connectivity index (χ1v) is 9.55. The van der Waals surface area contributed by atoms with Crippen LogP contribution in [0.4, 0.5) is 0 Å². The van der Waals surface area contributed by atoms with E-state index in [1.165, 1.54) is 0 Å². The molecule has 2 N–H and O–H groups in total. The zero-order valence-electron chi connectivity index (χ0n) is 14.4. The second-order valence-corrected chi connectivity index (χ2v) is 7.35. The van der Waals surface area contributed by atoms with Crippen molar-refractivity contribution in [3.8, 4) is 28.5 Å². The molecular weight excluding hydrogens is 380 g/mol. The summed E-state index contributed by atoms with van der Waals surface area (Å²) in [4.78, 5) is 10.7. The standard InChI is InChI=1S/C19H14N4O4S/c20-11-15-17(13-7-3-1-4-8-13)18(14-9-5-2-6-10-14)22-23-19(15)28(26,27)21-12-16(24)25/h1-10,21H,12H2,(H,24,25). The van der Waals surface area contributed by atoms with Crippen molar-refractivity contribution in [3.05, 3.63) is 66.2 Å². The molecule has 3 rings (SSSR count). The van der Waals surface area contributed by atoms with Gasteiger partial charge in [-0.15, -0.1) is 10.2 Å². The van der Waals surface area contributed by atoms with E-state index in [2.05, 4.69) is 10.2 Å². The van der Waals surface area contributed by atoms with Crippen LogP contribution in [-0.4, -0.2) is 36.2 Å². The van der Waals surface area contributed by atoms with E-state index in [0.717, 1.165) is 0 Å². The van der Waals surface area contributed by atoms with Crippen LogP contribution in [0.3, 0.4) is 0 Å². The van der Waals surface area contributed by atoms with E-state index in [-0.39, 0.29) is 5.56 Å². The highest BCUT2D eigenvalue weighted by Gasteiger charge is 2.27. The molecule has 0 saturated heterocycles. The van der Waals surface area contributed by atoms with Gasteiger partial charge in [-0.05, 0) is 5.56 Å². The number of sulfonamides is 1. The second kappa shape index (κ2) is 7.96. The van der Waals surface area contributed by atoms with Crippen molar-refractivity contribution in [3.63, 3.8) is 0 Å². The smallest absolute Gasteiger partial charge is 0.318 e. The number of aromatic nitrogens is 2. The lowest BCUT2D eigenvalue weighted by Gasteiger charge is -2.13. The first-order chi connectivity index (χ1) is 13.4. The molecule has 0 radical (unpaired) electrons. The third kappa shape index (κ3) is 3.88. The summed E-state index contributed by atoms with van der Waals surface area (Å²) >= 11 is 0. The summed E-state index contributed by atoms with van der Waals surface area (Å²) in [5.74, 6) is -1.36. The maximum absolute atomic E-state index is 12.5. The van der Waals surface area contributed by atoms with Crippen LogP contribution in [0.5, 0.6) is 0 Å². The summed E-state index contributed by atoms with van der Waals surface area (Å²) in [6.45, 7) is -0.837. The molecule has 0 aliphatic heterocycles. The summed E-state index contributed by atoms with van der Waals surface area (Å²) in [6, 6.07) is 19.6. The first kappa shape index (κ1) is 19.2. The molecule has 0 amide bonds. The topological polar surface area (TPSA) is 133 Å². The Hall–Kier alpha value is -3.61. The minimum atomic E-state index is -4.35. The molecule has 2 aromatic carbocycles. The predicted octanol–water partition coefficient (Wildman–Crippen LogP) is 2.05. The Bertz CT molecular complexity index is 1160. The van der Waals surface area contributed by atoms with E-state index in [1.807, 2.05) is 16.9 Å². The van der Waals surface area contributed by atoms with Gasteiger partial charge >= 0.3 is 5.97 Å². The van der Waals surface area contributed by atoms with Gasteiger partial charge in [-0.3, -0.25) is 4.79 Å². The SMILES string of the molecule is N#Cc1c(S(=O)(=O)NCC(=O)O)nnc(-c2ccccc2)c1-c1ccccc1. The Balaban J connectivity index is 2.29. The summed E-state index contributed by atoms with van der Waals surface area (Å²) in [6.07, 6.45) is 0. The van der Waals surface area contributed by atoms with Crippen LogP contribution in [0, 0.1) is 11.3 Å². The van der Waals surface area contributed by atoms with E-state index < -0.39 is 27.6 Å². The Morgan fingerprint density at radius 2 is 1.57 bits per heavy atom. The highest BCUT2D eigenvalue weighted by atomic mass is 32.2. The maximum atomic E-state index is 12.5. The van der Waals surface area contributed by atoms with Crippen LogP contribution in [-0.2, 0) is 14.8 Å². The highest BCUT2D eigenvalue weighted by molar-refractivity contribution is 7.89. The molecular formula is C19H14N4O4S. The number of rotatable bonds is 6. The number of nitrogens with one attached hydrogen (secondary N) is 1. The van der Waals surface area contributed by atoms with E-state index in [4.69, 9.17) is 5.11 Å². The normalized spacial score (nSPS) is 11.0. The molecule has 0 aliphatic carbocycles. The van der Waals surface area contributed by atoms with Gasteiger partial charge < -0.3 is 5.11 Å². The Morgan fingerprint density at radius 3 is 2.11 bits per heavy atom. The fourth-order valence-corrected chi connectivity index (χ4v) is 3.64. The molecule has 140 valence electrons. The number of hydrogen-bond acceptors (Lipinski definition) is 6. The summed E-state index contributed by atoms with van der Waals surface area (Å²) in [5.41, 5.74) is 1.69. The number of carboxylic acid groups (broad SMARTS) is 1. The van der Waals surface area contributed by atoms with Crippen molar-refractivity contribution in [2.45, 2.75) is 5.03 Å². The van der Waals surface area contributed by atoms with Gasteiger partial charge in [-0.25, -0.2) is 8.42 Å². The quantitative estimate of drug-likeness (QED) is 0.653. The molecule has 0 aliphatic rings. The Labute approximate surface area is 161 Å². The van der Waals surface area contributed by atoms with Crippen LogP contribution >= 0.6 is 0 Å². The molecule has 0 unspecified atom stereocenters. The minimum absolute atomic E-state index is 0.210. The van der Waals surface area contributed by atoms with Gasteiger partial charge in [0, 0.05) is 11.1 Å². The number of nitriles is 1. The first-order valence-electron chi connectivity index (χ1n) is 8.07. The van der Waals surface area contributed by atoms with Gasteiger partial charge in [0.1, 0.15) is 23.9 Å². The lowest BCUT2D eigenvalue weighted by Crippen LogP contribution is -2.31. The van der Waals surface area contributed by atoms with Crippen LogP contribution in [0.2, 0.25) is 0 Å². The van der Waals surface area contributed by atoms with Crippen molar-refractivity contribution in [2.24, 2.45) is 0 Å². The number of hydrogen-bond donors (Lipinski definition) is 2. The summed E-state index contributed by atoms with van der Waals surface area (Å²) in [5, 5.41) is 25.7. The molecule has 28 heavy (non-hydrogen) atoms. The molecule has 0 fully saturated rings. The maximum Gasteiger partial charge on any atom is 0.318 e. The molecule has 1 aromatic heterocycles. The minimum Gasteiger partial charge on any atom is -0.480 e. The number of carboxylic acids is 1. The van der Waals surface area contributed by atoms with Gasteiger partial charge in [-0.2, -0.15) is 9.98 Å². The van der Waals surface area contributed by atoms with E-state index in [1.54, 1.807) is 54.6 Å².